The van der Waals surface area contributed by atoms with Gasteiger partial charge >= 0.3 is 0 Å². The van der Waals surface area contributed by atoms with Gasteiger partial charge in [-0.15, -0.1) is 0 Å². The minimum atomic E-state index is 0.324. The van der Waals surface area contributed by atoms with Crippen LogP contribution in [-0.4, -0.2) is 19.9 Å². The summed E-state index contributed by atoms with van der Waals surface area (Å²) in [5.41, 5.74) is 2.03. The van der Waals surface area contributed by atoms with E-state index in [9.17, 15) is 0 Å². The highest BCUT2D eigenvalue weighted by molar-refractivity contribution is 5.83. The van der Waals surface area contributed by atoms with Gasteiger partial charge in [-0.2, -0.15) is 10.1 Å². The zero-order valence-electron chi connectivity index (χ0n) is 10.6. The summed E-state index contributed by atoms with van der Waals surface area (Å²) < 4.78 is 7.00. The number of nitrogens with zero attached hydrogens (tertiary/aromatic N) is 4. The van der Waals surface area contributed by atoms with Crippen LogP contribution in [0.3, 0.4) is 0 Å². The number of aryl methyl sites for hydroxylation is 1. The van der Waals surface area contributed by atoms with Crippen LogP contribution in [0.4, 0.5) is 0 Å². The second-order valence-electron chi connectivity index (χ2n) is 4.59. The summed E-state index contributed by atoms with van der Waals surface area (Å²) in [7, 11) is 0. The topological polar surface area (TPSA) is 56.7 Å². The van der Waals surface area contributed by atoms with E-state index in [1.165, 1.54) is 0 Å². The van der Waals surface area contributed by atoms with Gasteiger partial charge in [-0.25, -0.2) is 0 Å². The average Bonchev–Trinajstić information content (AvgIpc) is 2.93. The number of aromatic nitrogens is 4. The molecule has 1 aromatic carbocycles. The fourth-order valence-electron chi connectivity index (χ4n) is 2.00. The van der Waals surface area contributed by atoms with E-state index in [1.54, 1.807) is 6.92 Å². The second kappa shape index (κ2) is 3.94. The monoisotopic (exact) mass is 242 g/mol. The second-order valence-corrected chi connectivity index (χ2v) is 4.59. The zero-order chi connectivity index (χ0) is 12.7. The predicted molar refractivity (Wildman–Crippen MR) is 68.1 cm³/mol. The molecule has 0 bridgehead atoms. The molecular weight excluding hydrogens is 228 g/mol. The molecule has 0 spiro atoms. The Labute approximate surface area is 104 Å². The molecule has 0 saturated heterocycles. The van der Waals surface area contributed by atoms with E-state index in [0.29, 0.717) is 17.8 Å². The van der Waals surface area contributed by atoms with Crippen molar-refractivity contribution in [1.82, 2.24) is 19.9 Å². The molecule has 2 heterocycles. The van der Waals surface area contributed by atoms with Crippen LogP contribution in [0, 0.1) is 6.92 Å². The van der Waals surface area contributed by atoms with Crippen molar-refractivity contribution < 1.29 is 4.52 Å². The van der Waals surface area contributed by atoms with Crippen molar-refractivity contribution in [2.75, 3.05) is 0 Å². The number of benzene rings is 1. The highest BCUT2D eigenvalue weighted by Gasteiger charge is 2.10. The summed E-state index contributed by atoms with van der Waals surface area (Å²) >= 11 is 0. The molecule has 5 heteroatoms. The maximum Gasteiger partial charge on any atom is 0.223 e. The Morgan fingerprint density at radius 2 is 2.11 bits per heavy atom. The Bertz CT molecular complexity index is 696. The first-order valence-corrected chi connectivity index (χ1v) is 5.93. The highest BCUT2D eigenvalue weighted by Crippen LogP contribution is 2.24. The van der Waals surface area contributed by atoms with E-state index in [4.69, 9.17) is 4.52 Å². The Morgan fingerprint density at radius 1 is 1.28 bits per heavy atom. The van der Waals surface area contributed by atoms with Crippen molar-refractivity contribution >= 4 is 10.9 Å². The Morgan fingerprint density at radius 3 is 2.78 bits per heavy atom. The zero-order valence-corrected chi connectivity index (χ0v) is 10.6. The van der Waals surface area contributed by atoms with Crippen LogP contribution >= 0.6 is 0 Å². The summed E-state index contributed by atoms with van der Waals surface area (Å²) in [6, 6.07) is 6.39. The third kappa shape index (κ3) is 1.68. The number of rotatable bonds is 2. The Kier molecular flexibility index (Phi) is 2.40. The van der Waals surface area contributed by atoms with E-state index in [2.05, 4.69) is 29.1 Å². The van der Waals surface area contributed by atoms with Gasteiger partial charge in [0, 0.05) is 23.9 Å². The molecular formula is C13H14N4O. The van der Waals surface area contributed by atoms with Crippen LogP contribution in [0.5, 0.6) is 0 Å². The maximum atomic E-state index is 5.01. The van der Waals surface area contributed by atoms with E-state index in [0.717, 1.165) is 16.5 Å². The molecule has 2 aromatic heterocycles. The van der Waals surface area contributed by atoms with E-state index >= 15 is 0 Å². The van der Waals surface area contributed by atoms with Crippen molar-refractivity contribution in [1.29, 1.82) is 0 Å². The first-order valence-electron chi connectivity index (χ1n) is 5.93. The molecule has 18 heavy (non-hydrogen) atoms. The Balaban J connectivity index is 2.17. The Hall–Kier alpha value is -2.17. The van der Waals surface area contributed by atoms with E-state index < -0.39 is 0 Å². The fourth-order valence-corrected chi connectivity index (χ4v) is 2.00. The quantitative estimate of drug-likeness (QED) is 0.693. The van der Waals surface area contributed by atoms with Crippen molar-refractivity contribution in [3.8, 4) is 11.4 Å². The fraction of sp³-hybridized carbons (Fsp3) is 0.308. The van der Waals surface area contributed by atoms with Gasteiger partial charge in [0.2, 0.25) is 11.7 Å². The van der Waals surface area contributed by atoms with Gasteiger partial charge in [0.15, 0.2) is 0 Å². The van der Waals surface area contributed by atoms with Gasteiger partial charge < -0.3 is 4.52 Å². The summed E-state index contributed by atoms with van der Waals surface area (Å²) in [6.45, 7) is 6.00. The van der Waals surface area contributed by atoms with Gasteiger partial charge in [0.1, 0.15) is 0 Å². The van der Waals surface area contributed by atoms with Crippen molar-refractivity contribution in [3.05, 3.63) is 30.3 Å². The van der Waals surface area contributed by atoms with Crippen molar-refractivity contribution in [2.24, 2.45) is 0 Å². The molecule has 0 saturated carbocycles. The summed E-state index contributed by atoms with van der Waals surface area (Å²) in [6.07, 6.45) is 1.88. The lowest BCUT2D eigenvalue weighted by Crippen LogP contribution is -2.01. The van der Waals surface area contributed by atoms with Crippen molar-refractivity contribution in [2.45, 2.75) is 26.8 Å². The lowest BCUT2D eigenvalue weighted by molar-refractivity contribution is 0.394. The lowest BCUT2D eigenvalue weighted by Gasteiger charge is -2.07. The molecule has 0 amide bonds. The number of fused-ring (bicyclic) bond motifs is 1. The number of hydrogen-bond donors (Lipinski definition) is 0. The molecule has 92 valence electrons. The van der Waals surface area contributed by atoms with Gasteiger partial charge in [-0.3, -0.25) is 4.68 Å². The van der Waals surface area contributed by atoms with Gasteiger partial charge in [-0.1, -0.05) is 17.3 Å². The van der Waals surface area contributed by atoms with E-state index in [1.807, 2.05) is 29.1 Å². The normalized spacial score (nSPS) is 11.6. The molecule has 0 atom stereocenters. The average molecular weight is 242 g/mol. The third-order valence-corrected chi connectivity index (χ3v) is 2.87. The van der Waals surface area contributed by atoms with Crippen LogP contribution in [-0.2, 0) is 0 Å². The van der Waals surface area contributed by atoms with Crippen molar-refractivity contribution in [3.63, 3.8) is 0 Å². The van der Waals surface area contributed by atoms with Crippen LogP contribution in [0.1, 0.15) is 25.8 Å². The summed E-state index contributed by atoms with van der Waals surface area (Å²) in [4.78, 5) is 4.24. The van der Waals surface area contributed by atoms with Gasteiger partial charge in [-0.05, 0) is 19.9 Å². The van der Waals surface area contributed by atoms with Crippen LogP contribution in [0.2, 0.25) is 0 Å². The van der Waals surface area contributed by atoms with E-state index in [-0.39, 0.29) is 0 Å². The van der Waals surface area contributed by atoms with Crippen LogP contribution in [0.15, 0.2) is 28.9 Å². The summed E-state index contributed by atoms with van der Waals surface area (Å²) in [5.74, 6) is 1.19. The first kappa shape index (κ1) is 11.0. The van der Waals surface area contributed by atoms with Crippen LogP contribution < -0.4 is 0 Å². The molecule has 0 aliphatic rings. The smallest absolute Gasteiger partial charge is 0.223 e. The molecule has 3 rings (SSSR count). The van der Waals surface area contributed by atoms with Crippen LogP contribution in [0.25, 0.3) is 22.3 Å². The standard InChI is InChI=1S/C13H14N4O/c1-8(2)17-12-6-10(4-5-11(12)7-14-17)13-15-9(3)18-16-13/h4-8H,1-3H3. The van der Waals surface area contributed by atoms with Gasteiger partial charge in [0.25, 0.3) is 0 Å². The molecule has 0 N–H and O–H groups in total. The molecule has 0 unspecified atom stereocenters. The SMILES string of the molecule is Cc1nc(-c2ccc3cnn(C(C)C)c3c2)no1. The molecule has 3 aromatic rings. The van der Waals surface area contributed by atoms with Gasteiger partial charge in [0.05, 0.1) is 11.7 Å². The molecule has 0 fully saturated rings. The minimum Gasteiger partial charge on any atom is -0.339 e. The summed E-state index contributed by atoms with van der Waals surface area (Å²) in [5, 5.41) is 9.44. The highest BCUT2D eigenvalue weighted by atomic mass is 16.5. The molecule has 0 aliphatic heterocycles. The molecule has 0 aliphatic carbocycles. The molecule has 5 nitrogen and oxygen atoms in total. The largest absolute Gasteiger partial charge is 0.339 e. The third-order valence-electron chi connectivity index (χ3n) is 2.87. The number of hydrogen-bond acceptors (Lipinski definition) is 4. The first-order chi connectivity index (χ1) is 8.65. The minimum absolute atomic E-state index is 0.324. The lowest BCUT2D eigenvalue weighted by atomic mass is 10.1. The predicted octanol–water partition coefficient (Wildman–Crippen LogP) is 2.98. The molecule has 0 radical (unpaired) electrons. The maximum absolute atomic E-state index is 5.01.